The van der Waals surface area contributed by atoms with Crippen LogP contribution in [0.25, 0.3) is 0 Å². The highest BCUT2D eigenvalue weighted by Gasteiger charge is 2.18. The van der Waals surface area contributed by atoms with Gasteiger partial charge in [-0.3, -0.25) is 0 Å². The van der Waals surface area contributed by atoms with Gasteiger partial charge < -0.3 is 5.73 Å². The van der Waals surface area contributed by atoms with Gasteiger partial charge in [-0.2, -0.15) is 0 Å². The van der Waals surface area contributed by atoms with E-state index >= 15 is 0 Å². The molecule has 0 fully saturated rings. The van der Waals surface area contributed by atoms with Crippen molar-refractivity contribution >= 4 is 11.3 Å². The van der Waals surface area contributed by atoms with Crippen molar-refractivity contribution < 1.29 is 0 Å². The summed E-state index contributed by atoms with van der Waals surface area (Å²) in [5.74, 6) is 0. The molecule has 14 heavy (non-hydrogen) atoms. The Bertz CT molecular complexity index is 279. The lowest BCUT2D eigenvalue weighted by atomic mass is 9.90. The fourth-order valence-corrected chi connectivity index (χ4v) is 2.37. The van der Waals surface area contributed by atoms with E-state index in [1.165, 1.54) is 17.1 Å². The van der Waals surface area contributed by atoms with Crippen LogP contribution in [0.1, 0.15) is 37.9 Å². The molecule has 1 aromatic heterocycles. The van der Waals surface area contributed by atoms with Gasteiger partial charge in [0.2, 0.25) is 0 Å². The highest BCUT2D eigenvalue weighted by molar-refractivity contribution is 7.09. The maximum atomic E-state index is 5.70. The van der Waals surface area contributed by atoms with Crippen LogP contribution >= 0.6 is 11.3 Å². The first-order chi connectivity index (χ1) is 6.57. The summed E-state index contributed by atoms with van der Waals surface area (Å²) in [5, 5.41) is 3.40. The third-order valence-electron chi connectivity index (χ3n) is 2.29. The number of aryl methyl sites for hydroxylation is 1. The minimum Gasteiger partial charge on any atom is -0.330 e. The van der Waals surface area contributed by atoms with Gasteiger partial charge in [0.15, 0.2) is 0 Å². The minimum absolute atomic E-state index is 0.182. The monoisotopic (exact) mass is 212 g/mol. The summed E-state index contributed by atoms with van der Waals surface area (Å²) >= 11 is 1.77. The van der Waals surface area contributed by atoms with Gasteiger partial charge >= 0.3 is 0 Å². The van der Waals surface area contributed by atoms with Gasteiger partial charge in [0.25, 0.3) is 0 Å². The highest BCUT2D eigenvalue weighted by Crippen LogP contribution is 2.22. The molecule has 0 spiro atoms. The van der Waals surface area contributed by atoms with Gasteiger partial charge in [-0.05, 0) is 18.4 Å². The summed E-state index contributed by atoms with van der Waals surface area (Å²) < 4.78 is 0. The number of hydrogen-bond acceptors (Lipinski definition) is 3. The molecule has 0 unspecified atom stereocenters. The number of nitrogens with zero attached hydrogens (tertiary/aromatic N) is 1. The average molecular weight is 212 g/mol. The van der Waals surface area contributed by atoms with Crippen molar-refractivity contribution in [3.63, 3.8) is 0 Å². The molecule has 0 aliphatic rings. The van der Waals surface area contributed by atoms with E-state index in [0.29, 0.717) is 0 Å². The largest absolute Gasteiger partial charge is 0.330 e. The zero-order valence-electron chi connectivity index (χ0n) is 9.34. The van der Waals surface area contributed by atoms with Crippen LogP contribution in [0.5, 0.6) is 0 Å². The molecule has 0 amide bonds. The molecule has 80 valence electrons. The van der Waals surface area contributed by atoms with Crippen LogP contribution in [0, 0.1) is 5.41 Å². The Kier molecular flexibility index (Phi) is 4.08. The maximum absolute atomic E-state index is 5.70. The Morgan fingerprint density at radius 2 is 2.21 bits per heavy atom. The third kappa shape index (κ3) is 3.39. The first-order valence-electron chi connectivity index (χ1n) is 5.21. The molecule has 2 N–H and O–H groups in total. The van der Waals surface area contributed by atoms with Gasteiger partial charge in [-0.25, -0.2) is 4.98 Å². The Morgan fingerprint density at radius 3 is 2.79 bits per heavy atom. The van der Waals surface area contributed by atoms with Crippen molar-refractivity contribution in [1.29, 1.82) is 0 Å². The van der Waals surface area contributed by atoms with E-state index < -0.39 is 0 Å². The summed E-state index contributed by atoms with van der Waals surface area (Å²) in [6.07, 6.45) is 3.26. The lowest BCUT2D eigenvalue weighted by molar-refractivity contribution is 0.376. The minimum atomic E-state index is 0.182. The van der Waals surface area contributed by atoms with E-state index in [-0.39, 0.29) is 5.41 Å². The number of thiazole rings is 1. The van der Waals surface area contributed by atoms with Crippen molar-refractivity contribution in [1.82, 2.24) is 4.98 Å². The Morgan fingerprint density at radius 1 is 1.50 bits per heavy atom. The molecule has 0 aromatic carbocycles. The number of aromatic nitrogens is 1. The van der Waals surface area contributed by atoms with Crippen molar-refractivity contribution in [2.45, 2.75) is 40.0 Å². The highest BCUT2D eigenvalue weighted by atomic mass is 32.1. The summed E-state index contributed by atoms with van der Waals surface area (Å²) in [6, 6.07) is 0. The average Bonchev–Trinajstić information content (AvgIpc) is 2.53. The molecule has 0 aliphatic heterocycles. The molecular formula is C11H20N2S. The lowest BCUT2D eigenvalue weighted by Crippen LogP contribution is -2.25. The second kappa shape index (κ2) is 4.89. The van der Waals surface area contributed by atoms with Gasteiger partial charge in [0.1, 0.15) is 0 Å². The first kappa shape index (κ1) is 11.7. The molecule has 0 saturated heterocycles. The molecule has 0 saturated carbocycles. The number of hydrogen-bond donors (Lipinski definition) is 1. The Labute approximate surface area is 90.6 Å². The van der Waals surface area contributed by atoms with E-state index in [1.807, 2.05) is 0 Å². The molecule has 1 heterocycles. The van der Waals surface area contributed by atoms with Crippen LogP contribution in [-0.4, -0.2) is 11.5 Å². The maximum Gasteiger partial charge on any atom is 0.0934 e. The normalized spacial score (nSPS) is 12.0. The van der Waals surface area contributed by atoms with Crippen LogP contribution in [-0.2, 0) is 12.8 Å². The summed E-state index contributed by atoms with van der Waals surface area (Å²) in [4.78, 5) is 4.60. The fraction of sp³-hybridized carbons (Fsp3) is 0.727. The lowest BCUT2D eigenvalue weighted by Gasteiger charge is -2.20. The van der Waals surface area contributed by atoms with Crippen molar-refractivity contribution in [2.75, 3.05) is 6.54 Å². The number of nitrogens with two attached hydrogens (primary N) is 1. The smallest absolute Gasteiger partial charge is 0.0934 e. The van der Waals surface area contributed by atoms with Crippen molar-refractivity contribution in [2.24, 2.45) is 11.1 Å². The van der Waals surface area contributed by atoms with Crippen LogP contribution < -0.4 is 5.73 Å². The van der Waals surface area contributed by atoms with Crippen LogP contribution in [0.4, 0.5) is 0 Å². The predicted molar refractivity (Wildman–Crippen MR) is 62.6 cm³/mol. The fourth-order valence-electron chi connectivity index (χ4n) is 1.28. The quantitative estimate of drug-likeness (QED) is 0.815. The summed E-state index contributed by atoms with van der Waals surface area (Å²) in [7, 11) is 0. The second-order valence-electron chi connectivity index (χ2n) is 4.53. The Balaban J connectivity index is 2.59. The van der Waals surface area contributed by atoms with Crippen LogP contribution in [0.3, 0.4) is 0 Å². The molecule has 1 rings (SSSR count). The third-order valence-corrected chi connectivity index (χ3v) is 3.19. The summed E-state index contributed by atoms with van der Waals surface area (Å²) in [5.41, 5.74) is 7.11. The predicted octanol–water partition coefficient (Wildman–Crippen LogP) is 2.62. The van der Waals surface area contributed by atoms with E-state index in [2.05, 4.69) is 31.1 Å². The van der Waals surface area contributed by atoms with E-state index in [9.17, 15) is 0 Å². The standard InChI is InChI=1S/C11H20N2S/c1-4-5-9-7-14-10(13-9)6-11(2,3)8-12/h7H,4-6,8,12H2,1-3H3. The van der Waals surface area contributed by atoms with Crippen molar-refractivity contribution in [3.05, 3.63) is 16.1 Å². The van der Waals surface area contributed by atoms with E-state index in [4.69, 9.17) is 5.73 Å². The van der Waals surface area contributed by atoms with E-state index in [1.54, 1.807) is 11.3 Å². The summed E-state index contributed by atoms with van der Waals surface area (Å²) in [6.45, 7) is 7.28. The zero-order chi connectivity index (χ0) is 10.6. The molecule has 0 atom stereocenters. The van der Waals surface area contributed by atoms with Crippen LogP contribution in [0.15, 0.2) is 5.38 Å². The molecule has 0 bridgehead atoms. The topological polar surface area (TPSA) is 38.9 Å². The molecule has 1 aromatic rings. The van der Waals surface area contributed by atoms with E-state index in [0.717, 1.165) is 19.4 Å². The van der Waals surface area contributed by atoms with Gasteiger partial charge in [-0.1, -0.05) is 27.2 Å². The van der Waals surface area contributed by atoms with Gasteiger partial charge in [0.05, 0.1) is 10.7 Å². The van der Waals surface area contributed by atoms with Crippen molar-refractivity contribution in [3.8, 4) is 0 Å². The van der Waals surface area contributed by atoms with Gasteiger partial charge in [0, 0.05) is 11.8 Å². The zero-order valence-corrected chi connectivity index (χ0v) is 10.2. The SMILES string of the molecule is CCCc1csc(CC(C)(C)CN)n1. The Hall–Kier alpha value is -0.410. The molecule has 3 heteroatoms. The second-order valence-corrected chi connectivity index (χ2v) is 5.47. The molecular weight excluding hydrogens is 192 g/mol. The van der Waals surface area contributed by atoms with Gasteiger partial charge in [-0.15, -0.1) is 11.3 Å². The molecule has 0 radical (unpaired) electrons. The van der Waals surface area contributed by atoms with Crippen LogP contribution in [0.2, 0.25) is 0 Å². The number of rotatable bonds is 5. The molecule has 2 nitrogen and oxygen atoms in total. The first-order valence-corrected chi connectivity index (χ1v) is 6.08. The molecule has 0 aliphatic carbocycles.